The molecule has 24 heavy (non-hydrogen) atoms. The van der Waals surface area contributed by atoms with Crippen molar-refractivity contribution in [3.8, 4) is 0 Å². The van der Waals surface area contributed by atoms with Crippen molar-refractivity contribution in [1.29, 1.82) is 0 Å². The van der Waals surface area contributed by atoms with Crippen LogP contribution in [-0.2, 0) is 4.79 Å². The summed E-state index contributed by atoms with van der Waals surface area (Å²) in [5.41, 5.74) is 3.70. The van der Waals surface area contributed by atoms with Crippen LogP contribution in [0.15, 0.2) is 53.4 Å². The van der Waals surface area contributed by atoms with E-state index in [-0.39, 0.29) is 11.9 Å². The molecule has 2 rings (SSSR count). The van der Waals surface area contributed by atoms with Gasteiger partial charge in [0.05, 0.1) is 19.8 Å². The zero-order chi connectivity index (χ0) is 17.5. The molecule has 0 aromatic heterocycles. The van der Waals surface area contributed by atoms with Gasteiger partial charge >= 0.3 is 0 Å². The summed E-state index contributed by atoms with van der Waals surface area (Å²) in [4.78, 5) is 14.8. The van der Waals surface area contributed by atoms with Crippen molar-refractivity contribution in [2.24, 2.45) is 0 Å². The highest BCUT2D eigenvalue weighted by Crippen LogP contribution is 2.21. The van der Waals surface area contributed by atoms with Crippen LogP contribution in [0.5, 0.6) is 0 Å². The first-order valence-corrected chi connectivity index (χ1v) is 9.27. The molecular formula is C20H27N2OS+. The third kappa shape index (κ3) is 5.69. The number of hydrogen-bond donors (Lipinski definition) is 2. The number of benzene rings is 2. The Kier molecular flexibility index (Phi) is 6.88. The first kappa shape index (κ1) is 18.6. The van der Waals surface area contributed by atoms with Crippen LogP contribution in [0.25, 0.3) is 0 Å². The van der Waals surface area contributed by atoms with E-state index in [2.05, 4.69) is 63.6 Å². The Morgan fingerprint density at radius 2 is 1.79 bits per heavy atom. The number of carbonyl (C=O) groups excluding carboxylic acids is 1. The van der Waals surface area contributed by atoms with Crippen LogP contribution in [0, 0.1) is 13.8 Å². The fourth-order valence-electron chi connectivity index (χ4n) is 2.53. The number of thioether (sulfide) groups is 1. The summed E-state index contributed by atoms with van der Waals surface area (Å²) in [6.07, 6.45) is 0. The van der Waals surface area contributed by atoms with Crippen molar-refractivity contribution in [1.82, 2.24) is 5.32 Å². The molecule has 0 bridgehead atoms. The van der Waals surface area contributed by atoms with Crippen molar-refractivity contribution in [2.75, 3.05) is 26.4 Å². The first-order chi connectivity index (χ1) is 11.5. The lowest BCUT2D eigenvalue weighted by molar-refractivity contribution is -0.860. The van der Waals surface area contributed by atoms with E-state index >= 15 is 0 Å². The number of nitrogens with one attached hydrogen (secondary N) is 2. The summed E-state index contributed by atoms with van der Waals surface area (Å²) in [5.74, 6) is 0.516. The Hall–Kier alpha value is -1.78. The zero-order valence-corrected chi connectivity index (χ0v) is 15.7. The Morgan fingerprint density at radius 3 is 2.42 bits per heavy atom. The Labute approximate surface area is 149 Å². The summed E-state index contributed by atoms with van der Waals surface area (Å²) in [6, 6.07) is 16.6. The van der Waals surface area contributed by atoms with Crippen molar-refractivity contribution < 1.29 is 9.69 Å². The second-order valence-corrected chi connectivity index (χ2v) is 7.53. The van der Waals surface area contributed by atoms with Gasteiger partial charge in [-0.15, -0.1) is 11.8 Å². The summed E-state index contributed by atoms with van der Waals surface area (Å²) < 4.78 is 0. The van der Waals surface area contributed by atoms with Gasteiger partial charge in [0.25, 0.3) is 0 Å². The third-order valence-corrected chi connectivity index (χ3v) is 4.99. The molecule has 0 unspecified atom stereocenters. The van der Waals surface area contributed by atoms with Gasteiger partial charge in [-0.3, -0.25) is 4.79 Å². The van der Waals surface area contributed by atoms with Gasteiger partial charge in [0.15, 0.2) is 0 Å². The fourth-order valence-corrected chi connectivity index (χ4v) is 3.34. The van der Waals surface area contributed by atoms with Gasteiger partial charge in [0.1, 0.15) is 12.6 Å². The molecule has 0 saturated carbocycles. The largest absolute Gasteiger partial charge is 0.343 e. The Bertz CT molecular complexity index is 671. The number of amides is 1. The quantitative estimate of drug-likeness (QED) is 0.757. The van der Waals surface area contributed by atoms with Gasteiger partial charge < -0.3 is 10.2 Å². The second kappa shape index (κ2) is 8.90. The second-order valence-electron chi connectivity index (χ2n) is 6.48. The summed E-state index contributed by atoms with van der Waals surface area (Å²) >= 11 is 1.59. The summed E-state index contributed by atoms with van der Waals surface area (Å²) in [6.45, 7) is 5.07. The molecule has 2 aromatic carbocycles. The average molecular weight is 344 g/mol. The minimum Gasteiger partial charge on any atom is -0.343 e. The van der Waals surface area contributed by atoms with Crippen molar-refractivity contribution in [3.63, 3.8) is 0 Å². The highest BCUT2D eigenvalue weighted by atomic mass is 32.2. The van der Waals surface area contributed by atoms with Crippen LogP contribution in [0.3, 0.4) is 0 Å². The van der Waals surface area contributed by atoms with E-state index in [0.29, 0.717) is 5.75 Å². The molecule has 0 aliphatic rings. The number of rotatable bonds is 7. The molecule has 128 valence electrons. The third-order valence-electron chi connectivity index (χ3n) is 4.00. The number of aryl methyl sites for hydroxylation is 2. The lowest BCUT2D eigenvalue weighted by Crippen LogP contribution is -3.06. The van der Waals surface area contributed by atoms with Crippen LogP contribution in [0.4, 0.5) is 0 Å². The van der Waals surface area contributed by atoms with Crippen LogP contribution < -0.4 is 10.2 Å². The SMILES string of the molecule is Cc1ccc(SCC(=O)N[C@H](C[NH+](C)C)c2ccccc2)cc1C. The molecule has 2 N–H and O–H groups in total. The van der Waals surface area contributed by atoms with Crippen molar-refractivity contribution in [3.05, 3.63) is 65.2 Å². The maximum atomic E-state index is 12.4. The zero-order valence-electron chi connectivity index (χ0n) is 14.9. The van der Waals surface area contributed by atoms with Crippen LogP contribution in [-0.4, -0.2) is 32.3 Å². The molecule has 1 atom stereocenters. The Balaban J connectivity index is 1.96. The highest BCUT2D eigenvalue weighted by Gasteiger charge is 2.17. The standard InChI is InChI=1S/C20H26N2OS/c1-15-10-11-18(12-16(15)2)24-14-20(23)21-19(13-22(3)4)17-8-6-5-7-9-17/h5-12,19H,13-14H2,1-4H3,(H,21,23)/p+1/t19-/m1/s1. The maximum Gasteiger partial charge on any atom is 0.231 e. The van der Waals surface area contributed by atoms with Gasteiger partial charge in [0, 0.05) is 4.90 Å². The normalized spacial score (nSPS) is 12.2. The van der Waals surface area contributed by atoms with E-state index in [1.807, 2.05) is 18.2 Å². The van der Waals surface area contributed by atoms with Crippen molar-refractivity contribution in [2.45, 2.75) is 24.8 Å². The molecule has 0 heterocycles. The Morgan fingerprint density at radius 1 is 1.08 bits per heavy atom. The number of carbonyl (C=O) groups is 1. The molecule has 0 saturated heterocycles. The molecule has 4 heteroatoms. The topological polar surface area (TPSA) is 33.5 Å². The fraction of sp³-hybridized carbons (Fsp3) is 0.350. The maximum absolute atomic E-state index is 12.4. The molecule has 1 amide bonds. The van der Waals surface area contributed by atoms with E-state index in [1.54, 1.807) is 11.8 Å². The van der Waals surface area contributed by atoms with E-state index in [0.717, 1.165) is 17.0 Å². The van der Waals surface area contributed by atoms with Crippen LogP contribution in [0.2, 0.25) is 0 Å². The van der Waals surface area contributed by atoms with E-state index in [4.69, 9.17) is 0 Å². The molecule has 3 nitrogen and oxygen atoms in total. The van der Waals surface area contributed by atoms with Crippen LogP contribution in [0.1, 0.15) is 22.7 Å². The predicted molar refractivity (Wildman–Crippen MR) is 102 cm³/mol. The van der Waals surface area contributed by atoms with Gasteiger partial charge in [0.2, 0.25) is 5.91 Å². The minimum absolute atomic E-state index is 0.0454. The lowest BCUT2D eigenvalue weighted by atomic mass is 10.1. The van der Waals surface area contributed by atoms with E-state index in [1.165, 1.54) is 16.0 Å². The smallest absolute Gasteiger partial charge is 0.231 e. The molecule has 0 fully saturated rings. The average Bonchev–Trinajstić information content (AvgIpc) is 2.56. The minimum atomic E-state index is 0.0454. The van der Waals surface area contributed by atoms with Gasteiger partial charge in [-0.1, -0.05) is 36.4 Å². The van der Waals surface area contributed by atoms with E-state index < -0.39 is 0 Å². The monoisotopic (exact) mass is 343 g/mol. The molecule has 0 aliphatic carbocycles. The lowest BCUT2D eigenvalue weighted by Gasteiger charge is -2.20. The van der Waals surface area contributed by atoms with E-state index in [9.17, 15) is 4.79 Å². The first-order valence-electron chi connectivity index (χ1n) is 8.29. The van der Waals surface area contributed by atoms with Gasteiger partial charge in [-0.05, 0) is 42.7 Å². The number of quaternary nitrogens is 1. The molecule has 0 spiro atoms. The number of hydrogen-bond acceptors (Lipinski definition) is 2. The van der Waals surface area contributed by atoms with Crippen molar-refractivity contribution >= 4 is 17.7 Å². The molecule has 0 aliphatic heterocycles. The predicted octanol–water partition coefficient (Wildman–Crippen LogP) is 2.40. The van der Waals surface area contributed by atoms with Crippen LogP contribution >= 0.6 is 11.8 Å². The molecule has 2 aromatic rings. The summed E-state index contributed by atoms with van der Waals surface area (Å²) in [7, 11) is 4.21. The van der Waals surface area contributed by atoms with Gasteiger partial charge in [-0.2, -0.15) is 0 Å². The number of likely N-dealkylation sites (N-methyl/N-ethyl adjacent to an activating group) is 1. The summed E-state index contributed by atoms with van der Waals surface area (Å²) in [5, 5.41) is 3.18. The molecular weight excluding hydrogens is 316 g/mol. The molecule has 0 radical (unpaired) electrons. The van der Waals surface area contributed by atoms with Gasteiger partial charge in [-0.25, -0.2) is 0 Å². The highest BCUT2D eigenvalue weighted by molar-refractivity contribution is 8.00.